The molecule has 1 aromatic rings. The molecule has 5 heteroatoms. The van der Waals surface area contributed by atoms with Crippen molar-refractivity contribution < 1.29 is 24.2 Å². The summed E-state index contributed by atoms with van der Waals surface area (Å²) in [6.45, 7) is 2.86. The van der Waals surface area contributed by atoms with Crippen LogP contribution in [-0.4, -0.2) is 29.8 Å². The third-order valence-corrected chi connectivity index (χ3v) is 2.88. The van der Waals surface area contributed by atoms with E-state index in [9.17, 15) is 9.59 Å². The first-order chi connectivity index (χ1) is 10.1. The number of hydrogen-bond acceptors (Lipinski definition) is 4. The Hall–Kier alpha value is -1.88. The summed E-state index contributed by atoms with van der Waals surface area (Å²) in [6.07, 6.45) is 0.840. The van der Waals surface area contributed by atoms with E-state index < -0.39 is 5.97 Å². The molecule has 0 radical (unpaired) electrons. The normalized spacial score (nSPS) is 11.9. The molecule has 0 heterocycles. The number of hydrogen-bond donors (Lipinski definition) is 1. The van der Waals surface area contributed by atoms with Gasteiger partial charge in [-0.15, -0.1) is 0 Å². The highest BCUT2D eigenvalue weighted by atomic mass is 16.5. The monoisotopic (exact) mass is 294 g/mol. The van der Waals surface area contributed by atoms with Crippen LogP contribution in [0, 0.1) is 0 Å². The van der Waals surface area contributed by atoms with Crippen LogP contribution in [0.1, 0.15) is 38.2 Å². The number of carbonyl (C=O) groups excluding carboxylic acids is 1. The van der Waals surface area contributed by atoms with E-state index in [1.807, 2.05) is 30.3 Å². The molecule has 0 saturated carbocycles. The number of carboxylic acids is 1. The van der Waals surface area contributed by atoms with Crippen LogP contribution in [-0.2, 0) is 25.7 Å². The molecule has 1 unspecified atom stereocenters. The van der Waals surface area contributed by atoms with Gasteiger partial charge < -0.3 is 14.6 Å². The zero-order valence-electron chi connectivity index (χ0n) is 12.3. The second kappa shape index (κ2) is 9.94. The quantitative estimate of drug-likeness (QED) is 0.530. The molecule has 116 valence electrons. The highest BCUT2D eigenvalue weighted by molar-refractivity contribution is 5.71. The van der Waals surface area contributed by atoms with Crippen LogP contribution in [0.3, 0.4) is 0 Å². The summed E-state index contributed by atoms with van der Waals surface area (Å²) in [6, 6.07) is 9.85. The summed E-state index contributed by atoms with van der Waals surface area (Å²) in [5.41, 5.74) is 1.11. The van der Waals surface area contributed by atoms with E-state index >= 15 is 0 Å². The zero-order chi connectivity index (χ0) is 15.5. The molecule has 1 rings (SSSR count). The van der Waals surface area contributed by atoms with Crippen molar-refractivity contribution in [2.24, 2.45) is 0 Å². The highest BCUT2D eigenvalue weighted by Crippen LogP contribution is 2.05. The lowest BCUT2D eigenvalue weighted by Crippen LogP contribution is -2.17. The summed E-state index contributed by atoms with van der Waals surface area (Å²) < 4.78 is 10.7. The Balaban J connectivity index is 2.06. The molecule has 0 aliphatic carbocycles. The smallest absolute Gasteiger partial charge is 0.306 e. The van der Waals surface area contributed by atoms with Crippen molar-refractivity contribution in [3.63, 3.8) is 0 Å². The largest absolute Gasteiger partial charge is 0.481 e. The fraction of sp³-hybridized carbons (Fsp3) is 0.500. The Morgan fingerprint density at radius 3 is 2.57 bits per heavy atom. The van der Waals surface area contributed by atoms with Crippen LogP contribution in [0.25, 0.3) is 0 Å². The zero-order valence-corrected chi connectivity index (χ0v) is 12.3. The summed E-state index contributed by atoms with van der Waals surface area (Å²) >= 11 is 0. The van der Waals surface area contributed by atoms with Crippen molar-refractivity contribution in [2.45, 2.75) is 45.3 Å². The lowest BCUT2D eigenvalue weighted by molar-refractivity contribution is -0.149. The molecule has 1 atom stereocenters. The molecule has 5 nitrogen and oxygen atoms in total. The average molecular weight is 294 g/mol. The third-order valence-electron chi connectivity index (χ3n) is 2.88. The van der Waals surface area contributed by atoms with Gasteiger partial charge in [-0.2, -0.15) is 0 Å². The summed E-state index contributed by atoms with van der Waals surface area (Å²) in [4.78, 5) is 21.8. The number of carboxylic acid groups (broad SMARTS) is 1. The van der Waals surface area contributed by atoms with Crippen LogP contribution in [0.5, 0.6) is 0 Å². The molecular formula is C16H22O5. The Bertz CT molecular complexity index is 430. The van der Waals surface area contributed by atoms with Gasteiger partial charge in [0.15, 0.2) is 0 Å². The summed E-state index contributed by atoms with van der Waals surface area (Å²) in [5, 5.41) is 8.48. The van der Waals surface area contributed by atoms with Gasteiger partial charge in [-0.05, 0) is 18.9 Å². The van der Waals surface area contributed by atoms with Gasteiger partial charge in [0, 0.05) is 19.3 Å². The van der Waals surface area contributed by atoms with E-state index in [1.54, 1.807) is 6.92 Å². The standard InChI is InChI=1S/C16H22O5/c1-13(21-16(19)9-5-8-15(17)18)10-11-20-12-14-6-3-2-4-7-14/h2-4,6-7,13H,5,8-12H2,1H3,(H,17,18). The van der Waals surface area contributed by atoms with Gasteiger partial charge in [0.05, 0.1) is 13.2 Å². The first-order valence-electron chi connectivity index (χ1n) is 7.11. The number of ether oxygens (including phenoxy) is 2. The van der Waals surface area contributed by atoms with Gasteiger partial charge in [-0.3, -0.25) is 9.59 Å². The molecule has 21 heavy (non-hydrogen) atoms. The highest BCUT2D eigenvalue weighted by Gasteiger charge is 2.10. The Kier molecular flexibility index (Phi) is 8.12. The van der Waals surface area contributed by atoms with E-state index in [1.165, 1.54) is 0 Å². The molecule has 0 bridgehead atoms. The summed E-state index contributed by atoms with van der Waals surface area (Å²) in [5.74, 6) is -1.25. The van der Waals surface area contributed by atoms with Crippen molar-refractivity contribution >= 4 is 11.9 Å². The van der Waals surface area contributed by atoms with Gasteiger partial charge in [0.2, 0.25) is 0 Å². The van der Waals surface area contributed by atoms with Gasteiger partial charge in [-0.25, -0.2) is 0 Å². The van der Waals surface area contributed by atoms with Crippen LogP contribution in [0.15, 0.2) is 30.3 Å². The van der Waals surface area contributed by atoms with E-state index in [-0.39, 0.29) is 24.9 Å². The van der Waals surface area contributed by atoms with Crippen LogP contribution in [0.2, 0.25) is 0 Å². The molecule has 0 saturated heterocycles. The number of esters is 1. The molecule has 0 spiro atoms. The van der Waals surface area contributed by atoms with Gasteiger partial charge >= 0.3 is 11.9 Å². The fourth-order valence-electron chi connectivity index (χ4n) is 1.74. The van der Waals surface area contributed by atoms with E-state index in [4.69, 9.17) is 14.6 Å². The first kappa shape index (κ1) is 17.2. The van der Waals surface area contributed by atoms with Crippen molar-refractivity contribution in [1.29, 1.82) is 0 Å². The Morgan fingerprint density at radius 2 is 1.90 bits per heavy atom. The minimum atomic E-state index is -0.898. The van der Waals surface area contributed by atoms with Crippen LogP contribution < -0.4 is 0 Å². The predicted molar refractivity (Wildman–Crippen MR) is 77.8 cm³/mol. The van der Waals surface area contributed by atoms with Crippen LogP contribution >= 0.6 is 0 Å². The van der Waals surface area contributed by atoms with E-state index in [2.05, 4.69) is 0 Å². The SMILES string of the molecule is CC(CCOCc1ccccc1)OC(=O)CCCC(=O)O. The second-order valence-electron chi connectivity index (χ2n) is 4.87. The van der Waals surface area contributed by atoms with E-state index in [0.29, 0.717) is 26.1 Å². The Morgan fingerprint density at radius 1 is 1.19 bits per heavy atom. The van der Waals surface area contributed by atoms with Crippen LogP contribution in [0.4, 0.5) is 0 Å². The lowest BCUT2D eigenvalue weighted by atomic mass is 10.2. The number of rotatable bonds is 10. The molecule has 0 aliphatic heterocycles. The van der Waals surface area contributed by atoms with Crippen molar-refractivity contribution in [2.75, 3.05) is 6.61 Å². The van der Waals surface area contributed by atoms with Crippen molar-refractivity contribution in [3.8, 4) is 0 Å². The maximum absolute atomic E-state index is 11.4. The molecule has 0 aromatic heterocycles. The second-order valence-corrected chi connectivity index (χ2v) is 4.87. The molecule has 0 aliphatic rings. The third kappa shape index (κ3) is 8.81. The number of carbonyl (C=O) groups is 2. The first-order valence-corrected chi connectivity index (χ1v) is 7.11. The van der Waals surface area contributed by atoms with Gasteiger partial charge in [0.25, 0.3) is 0 Å². The van der Waals surface area contributed by atoms with E-state index in [0.717, 1.165) is 5.56 Å². The fourth-order valence-corrected chi connectivity index (χ4v) is 1.74. The topological polar surface area (TPSA) is 72.8 Å². The van der Waals surface area contributed by atoms with Gasteiger partial charge in [0.1, 0.15) is 6.10 Å². The number of benzene rings is 1. The molecular weight excluding hydrogens is 272 g/mol. The molecule has 1 aromatic carbocycles. The summed E-state index contributed by atoms with van der Waals surface area (Å²) in [7, 11) is 0. The van der Waals surface area contributed by atoms with Crippen molar-refractivity contribution in [1.82, 2.24) is 0 Å². The number of aliphatic carboxylic acids is 1. The maximum Gasteiger partial charge on any atom is 0.306 e. The van der Waals surface area contributed by atoms with Crippen molar-refractivity contribution in [3.05, 3.63) is 35.9 Å². The minimum absolute atomic E-state index is 0.0103. The lowest BCUT2D eigenvalue weighted by Gasteiger charge is -2.13. The average Bonchev–Trinajstić information content (AvgIpc) is 2.44. The minimum Gasteiger partial charge on any atom is -0.481 e. The predicted octanol–water partition coefficient (Wildman–Crippen LogP) is 2.78. The Labute approximate surface area is 124 Å². The van der Waals surface area contributed by atoms with Gasteiger partial charge in [-0.1, -0.05) is 30.3 Å². The molecule has 0 fully saturated rings. The molecule has 1 N–H and O–H groups in total. The maximum atomic E-state index is 11.4. The molecule has 0 amide bonds.